The minimum atomic E-state index is -0.820. The summed E-state index contributed by atoms with van der Waals surface area (Å²) in [6, 6.07) is 6.82. The normalized spacial score (nSPS) is 22.6. The fraction of sp³-hybridized carbons (Fsp3) is 0.533. The average molecular weight is 275 g/mol. The van der Waals surface area contributed by atoms with Crippen molar-refractivity contribution in [3.63, 3.8) is 0 Å². The Morgan fingerprint density at radius 1 is 1.40 bits per heavy atom. The van der Waals surface area contributed by atoms with Gasteiger partial charge in [-0.1, -0.05) is 12.1 Å². The predicted molar refractivity (Wildman–Crippen MR) is 78.3 cm³/mol. The number of carbonyl (C=O) groups is 1. The standard InChI is InChI=1S/C15H21N3O2/c1-11-9-17(8-6-16-11)14-4-2-3-12-5-7-18(15(19)20)10-13(12)14/h2-4,11,16H,5-10H2,1H3,(H,19,20)/t11-/m1/s1. The van der Waals surface area contributed by atoms with Gasteiger partial charge >= 0.3 is 6.09 Å². The minimum absolute atomic E-state index is 0.471. The summed E-state index contributed by atoms with van der Waals surface area (Å²) in [7, 11) is 0. The maximum Gasteiger partial charge on any atom is 0.407 e. The van der Waals surface area contributed by atoms with Crippen LogP contribution in [0.3, 0.4) is 0 Å². The van der Waals surface area contributed by atoms with E-state index in [1.165, 1.54) is 21.7 Å². The van der Waals surface area contributed by atoms with Crippen LogP contribution in [0.2, 0.25) is 0 Å². The van der Waals surface area contributed by atoms with Crippen molar-refractivity contribution in [3.8, 4) is 0 Å². The maximum absolute atomic E-state index is 11.2. The summed E-state index contributed by atoms with van der Waals surface area (Å²) >= 11 is 0. The van der Waals surface area contributed by atoms with Gasteiger partial charge in [-0.2, -0.15) is 0 Å². The van der Waals surface area contributed by atoms with E-state index in [-0.39, 0.29) is 0 Å². The zero-order valence-electron chi connectivity index (χ0n) is 11.8. The third-order valence-corrected chi connectivity index (χ3v) is 4.23. The van der Waals surface area contributed by atoms with Gasteiger partial charge in [0.05, 0.1) is 6.54 Å². The molecule has 20 heavy (non-hydrogen) atoms. The van der Waals surface area contributed by atoms with E-state index in [1.807, 2.05) is 0 Å². The molecule has 5 nitrogen and oxygen atoms in total. The number of carboxylic acid groups (broad SMARTS) is 1. The molecule has 108 valence electrons. The Balaban J connectivity index is 1.90. The number of benzene rings is 1. The van der Waals surface area contributed by atoms with Gasteiger partial charge in [0.1, 0.15) is 0 Å². The van der Waals surface area contributed by atoms with Crippen LogP contribution in [0, 0.1) is 0 Å². The molecule has 2 N–H and O–H groups in total. The van der Waals surface area contributed by atoms with Crippen LogP contribution in [-0.2, 0) is 13.0 Å². The molecule has 1 fully saturated rings. The third kappa shape index (κ3) is 2.45. The number of fused-ring (bicyclic) bond motifs is 1. The molecule has 1 amide bonds. The fourth-order valence-corrected chi connectivity index (χ4v) is 3.17. The van der Waals surface area contributed by atoms with Gasteiger partial charge in [-0.15, -0.1) is 0 Å². The summed E-state index contributed by atoms with van der Waals surface area (Å²) in [4.78, 5) is 15.1. The van der Waals surface area contributed by atoms with Crippen molar-refractivity contribution in [2.75, 3.05) is 31.1 Å². The van der Waals surface area contributed by atoms with E-state index in [0.717, 1.165) is 26.1 Å². The number of anilines is 1. The first-order chi connectivity index (χ1) is 9.65. The van der Waals surface area contributed by atoms with Gasteiger partial charge in [0.15, 0.2) is 0 Å². The van der Waals surface area contributed by atoms with Crippen molar-refractivity contribution in [3.05, 3.63) is 29.3 Å². The fourth-order valence-electron chi connectivity index (χ4n) is 3.17. The molecule has 1 saturated heterocycles. The van der Waals surface area contributed by atoms with Crippen LogP contribution in [-0.4, -0.2) is 48.3 Å². The highest BCUT2D eigenvalue weighted by Crippen LogP contribution is 2.29. The lowest BCUT2D eigenvalue weighted by Crippen LogP contribution is -2.50. The Morgan fingerprint density at radius 3 is 3.00 bits per heavy atom. The van der Waals surface area contributed by atoms with Crippen LogP contribution < -0.4 is 10.2 Å². The monoisotopic (exact) mass is 275 g/mol. The van der Waals surface area contributed by atoms with Gasteiger partial charge < -0.3 is 20.2 Å². The molecule has 5 heteroatoms. The topological polar surface area (TPSA) is 55.8 Å². The molecule has 1 aromatic carbocycles. The van der Waals surface area contributed by atoms with Crippen molar-refractivity contribution in [1.29, 1.82) is 0 Å². The van der Waals surface area contributed by atoms with E-state index >= 15 is 0 Å². The summed E-state index contributed by atoms with van der Waals surface area (Å²) in [6.07, 6.45) is -0.00366. The van der Waals surface area contributed by atoms with Crippen molar-refractivity contribution in [2.24, 2.45) is 0 Å². The number of nitrogens with zero attached hydrogens (tertiary/aromatic N) is 2. The molecule has 0 aliphatic carbocycles. The van der Waals surface area contributed by atoms with Crippen LogP contribution in [0.15, 0.2) is 18.2 Å². The Morgan fingerprint density at radius 2 is 2.25 bits per heavy atom. The van der Waals surface area contributed by atoms with Gasteiger partial charge in [-0.25, -0.2) is 4.79 Å². The second-order valence-corrected chi connectivity index (χ2v) is 5.67. The Bertz CT molecular complexity index is 518. The molecular weight excluding hydrogens is 254 g/mol. The highest BCUT2D eigenvalue weighted by Gasteiger charge is 2.25. The van der Waals surface area contributed by atoms with E-state index < -0.39 is 6.09 Å². The van der Waals surface area contributed by atoms with E-state index in [0.29, 0.717) is 19.1 Å². The molecule has 1 atom stereocenters. The molecular formula is C15H21N3O2. The molecule has 0 spiro atoms. The highest BCUT2D eigenvalue weighted by molar-refractivity contribution is 5.67. The lowest BCUT2D eigenvalue weighted by molar-refractivity contribution is 0.140. The third-order valence-electron chi connectivity index (χ3n) is 4.23. The largest absolute Gasteiger partial charge is 0.465 e. The molecule has 3 rings (SSSR count). The van der Waals surface area contributed by atoms with Gasteiger partial charge in [0.25, 0.3) is 0 Å². The summed E-state index contributed by atoms with van der Waals surface area (Å²) in [5.41, 5.74) is 3.70. The summed E-state index contributed by atoms with van der Waals surface area (Å²) in [6.45, 7) is 6.23. The van der Waals surface area contributed by atoms with E-state index in [4.69, 9.17) is 0 Å². The van der Waals surface area contributed by atoms with Gasteiger partial charge in [-0.05, 0) is 30.5 Å². The SMILES string of the molecule is C[C@@H]1CN(c2cccc3c2CN(C(=O)O)CC3)CCN1. The number of piperazine rings is 1. The van der Waals surface area contributed by atoms with E-state index in [2.05, 4.69) is 35.3 Å². The van der Waals surface area contributed by atoms with Gasteiger partial charge in [0, 0.05) is 37.9 Å². The molecule has 2 aliphatic heterocycles. The number of hydrogen-bond donors (Lipinski definition) is 2. The summed E-state index contributed by atoms with van der Waals surface area (Å²) in [5.74, 6) is 0. The molecule has 2 heterocycles. The van der Waals surface area contributed by atoms with Crippen molar-refractivity contribution < 1.29 is 9.90 Å². The van der Waals surface area contributed by atoms with E-state index in [1.54, 1.807) is 0 Å². The second kappa shape index (κ2) is 5.32. The number of rotatable bonds is 1. The number of nitrogens with one attached hydrogen (secondary N) is 1. The Labute approximate surface area is 119 Å². The summed E-state index contributed by atoms with van der Waals surface area (Å²) < 4.78 is 0. The average Bonchev–Trinajstić information content (AvgIpc) is 2.46. The smallest absolute Gasteiger partial charge is 0.407 e. The van der Waals surface area contributed by atoms with E-state index in [9.17, 15) is 9.90 Å². The lowest BCUT2D eigenvalue weighted by Gasteiger charge is -2.37. The van der Waals surface area contributed by atoms with Crippen LogP contribution in [0.25, 0.3) is 0 Å². The Kier molecular flexibility index (Phi) is 3.53. The highest BCUT2D eigenvalue weighted by atomic mass is 16.4. The summed E-state index contributed by atoms with van der Waals surface area (Å²) in [5, 5.41) is 12.7. The Hall–Kier alpha value is -1.75. The number of amides is 1. The van der Waals surface area contributed by atoms with Gasteiger partial charge in [-0.3, -0.25) is 0 Å². The quantitative estimate of drug-likeness (QED) is 0.816. The first kappa shape index (κ1) is 13.2. The molecule has 0 aromatic heterocycles. The molecule has 1 aromatic rings. The molecule has 0 bridgehead atoms. The number of hydrogen-bond acceptors (Lipinski definition) is 3. The lowest BCUT2D eigenvalue weighted by atomic mass is 9.97. The predicted octanol–water partition coefficient (Wildman–Crippen LogP) is 1.52. The molecule has 0 saturated carbocycles. The zero-order chi connectivity index (χ0) is 14.1. The maximum atomic E-state index is 11.2. The second-order valence-electron chi connectivity index (χ2n) is 5.67. The van der Waals surface area contributed by atoms with Crippen LogP contribution >= 0.6 is 0 Å². The van der Waals surface area contributed by atoms with Crippen LogP contribution in [0.5, 0.6) is 0 Å². The van der Waals surface area contributed by atoms with Crippen molar-refractivity contribution in [2.45, 2.75) is 25.9 Å². The first-order valence-corrected chi connectivity index (χ1v) is 7.22. The molecule has 2 aliphatic rings. The van der Waals surface area contributed by atoms with Crippen LogP contribution in [0.4, 0.5) is 10.5 Å². The molecule has 0 unspecified atom stereocenters. The zero-order valence-corrected chi connectivity index (χ0v) is 11.8. The van der Waals surface area contributed by atoms with Gasteiger partial charge in [0.2, 0.25) is 0 Å². The minimum Gasteiger partial charge on any atom is -0.465 e. The molecule has 0 radical (unpaired) electrons. The van der Waals surface area contributed by atoms with Crippen molar-refractivity contribution >= 4 is 11.8 Å². The van der Waals surface area contributed by atoms with Crippen molar-refractivity contribution in [1.82, 2.24) is 10.2 Å². The van der Waals surface area contributed by atoms with Crippen LogP contribution in [0.1, 0.15) is 18.1 Å². The first-order valence-electron chi connectivity index (χ1n) is 7.22.